The molecule has 1 aliphatic rings. The van der Waals surface area contributed by atoms with Gasteiger partial charge in [-0.25, -0.2) is 0 Å². The average Bonchev–Trinajstić information content (AvgIpc) is 2.46. The minimum absolute atomic E-state index is 0.0172. The van der Waals surface area contributed by atoms with E-state index < -0.39 is 4.92 Å². The van der Waals surface area contributed by atoms with Crippen LogP contribution in [0.5, 0.6) is 0 Å². The molecule has 0 spiro atoms. The first-order valence-electron chi connectivity index (χ1n) is 6.47. The summed E-state index contributed by atoms with van der Waals surface area (Å²) < 4.78 is 0. The van der Waals surface area contributed by atoms with Crippen molar-refractivity contribution in [2.24, 2.45) is 5.73 Å². The lowest BCUT2D eigenvalue weighted by molar-refractivity contribution is -0.384. The molecule has 0 radical (unpaired) electrons. The Balaban J connectivity index is 2.15. The molecular formula is C13H18N4O3. The van der Waals surface area contributed by atoms with Crippen molar-refractivity contribution < 1.29 is 9.72 Å². The van der Waals surface area contributed by atoms with Crippen LogP contribution in [0.1, 0.15) is 10.4 Å². The number of hydrogen-bond acceptors (Lipinski definition) is 5. The predicted molar refractivity (Wildman–Crippen MR) is 74.5 cm³/mol. The highest BCUT2D eigenvalue weighted by atomic mass is 16.6. The molecule has 1 heterocycles. The average molecular weight is 278 g/mol. The van der Waals surface area contributed by atoms with Gasteiger partial charge in [-0.2, -0.15) is 0 Å². The number of nitro benzene ring substituents is 1. The summed E-state index contributed by atoms with van der Waals surface area (Å²) in [5.74, 6) is -0.122. The van der Waals surface area contributed by atoms with Gasteiger partial charge >= 0.3 is 0 Å². The fourth-order valence-corrected chi connectivity index (χ4v) is 2.37. The van der Waals surface area contributed by atoms with E-state index in [1.807, 2.05) is 7.05 Å². The molecule has 1 aromatic rings. The third-order valence-electron chi connectivity index (χ3n) is 3.54. The van der Waals surface area contributed by atoms with Gasteiger partial charge in [-0.1, -0.05) is 0 Å². The van der Waals surface area contributed by atoms with Crippen LogP contribution in [0.4, 0.5) is 5.69 Å². The van der Waals surface area contributed by atoms with Crippen LogP contribution in [-0.2, 0) is 0 Å². The maximum absolute atomic E-state index is 12.4. The van der Waals surface area contributed by atoms with Crippen molar-refractivity contribution in [1.82, 2.24) is 9.80 Å². The van der Waals surface area contributed by atoms with Gasteiger partial charge in [0.25, 0.3) is 11.6 Å². The molecule has 20 heavy (non-hydrogen) atoms. The maximum atomic E-state index is 12.4. The molecule has 1 fully saturated rings. The number of amides is 1. The van der Waals surface area contributed by atoms with E-state index >= 15 is 0 Å². The molecular weight excluding hydrogens is 260 g/mol. The number of piperazine rings is 1. The van der Waals surface area contributed by atoms with Crippen LogP contribution in [0.2, 0.25) is 0 Å². The smallest absolute Gasteiger partial charge is 0.269 e. The van der Waals surface area contributed by atoms with Gasteiger partial charge in [-0.3, -0.25) is 14.9 Å². The number of rotatable bonds is 3. The molecule has 108 valence electrons. The van der Waals surface area contributed by atoms with E-state index in [4.69, 9.17) is 5.73 Å². The van der Waals surface area contributed by atoms with E-state index in [0.29, 0.717) is 18.7 Å². The summed E-state index contributed by atoms with van der Waals surface area (Å²) in [7, 11) is 2.00. The zero-order chi connectivity index (χ0) is 14.7. The Hall–Kier alpha value is -1.99. The third kappa shape index (κ3) is 2.94. The van der Waals surface area contributed by atoms with Crippen LogP contribution in [0.3, 0.4) is 0 Å². The summed E-state index contributed by atoms with van der Waals surface area (Å²) >= 11 is 0. The molecule has 1 amide bonds. The number of hydrogen-bond donors (Lipinski definition) is 1. The van der Waals surface area contributed by atoms with Crippen molar-refractivity contribution in [2.45, 2.75) is 6.04 Å². The molecule has 0 aromatic heterocycles. The fraction of sp³-hybridized carbons (Fsp3) is 0.462. The topological polar surface area (TPSA) is 92.7 Å². The second kappa shape index (κ2) is 5.98. The molecule has 2 N–H and O–H groups in total. The zero-order valence-electron chi connectivity index (χ0n) is 11.4. The maximum Gasteiger partial charge on any atom is 0.269 e. The normalized spacial score (nSPS) is 19.9. The Kier molecular flexibility index (Phi) is 4.31. The van der Waals surface area contributed by atoms with Crippen LogP contribution in [0.15, 0.2) is 24.3 Å². The highest BCUT2D eigenvalue weighted by molar-refractivity contribution is 5.94. The molecule has 7 nitrogen and oxygen atoms in total. The molecule has 7 heteroatoms. The van der Waals surface area contributed by atoms with Gasteiger partial charge in [0, 0.05) is 43.9 Å². The SMILES string of the molecule is CN1CCN(C(=O)c2ccc([N+](=O)[O-])cc2)C(CN)C1. The molecule has 0 aliphatic carbocycles. The molecule has 1 aromatic carbocycles. The van der Waals surface area contributed by atoms with Crippen molar-refractivity contribution in [1.29, 1.82) is 0 Å². The standard InChI is InChI=1S/C13H18N4O3/c1-15-6-7-16(12(8-14)9-15)13(18)10-2-4-11(5-3-10)17(19)20/h2-5,12H,6-9,14H2,1H3. The van der Waals surface area contributed by atoms with Crippen molar-refractivity contribution >= 4 is 11.6 Å². The summed E-state index contributed by atoms with van der Waals surface area (Å²) in [5.41, 5.74) is 6.16. The van der Waals surface area contributed by atoms with Crippen molar-refractivity contribution in [2.75, 3.05) is 33.2 Å². The summed E-state index contributed by atoms with van der Waals surface area (Å²) in [4.78, 5) is 26.5. The first-order valence-corrected chi connectivity index (χ1v) is 6.47. The monoisotopic (exact) mass is 278 g/mol. The van der Waals surface area contributed by atoms with Crippen LogP contribution in [-0.4, -0.2) is 59.9 Å². The molecule has 2 rings (SSSR count). The van der Waals surface area contributed by atoms with Gasteiger partial charge in [-0.05, 0) is 19.2 Å². The summed E-state index contributed by atoms with van der Waals surface area (Å²) in [6, 6.07) is 5.66. The van der Waals surface area contributed by atoms with Crippen molar-refractivity contribution in [3.8, 4) is 0 Å². The Bertz CT molecular complexity index is 503. The van der Waals surface area contributed by atoms with E-state index in [0.717, 1.165) is 13.1 Å². The van der Waals surface area contributed by atoms with Gasteiger partial charge < -0.3 is 15.5 Å². The minimum atomic E-state index is -0.479. The number of nitro groups is 1. The number of carbonyl (C=O) groups excluding carboxylic acids is 1. The van der Waals surface area contributed by atoms with E-state index in [9.17, 15) is 14.9 Å². The van der Waals surface area contributed by atoms with Crippen LogP contribution in [0.25, 0.3) is 0 Å². The van der Waals surface area contributed by atoms with Gasteiger partial charge in [0.15, 0.2) is 0 Å². The second-order valence-electron chi connectivity index (χ2n) is 4.95. The number of benzene rings is 1. The lowest BCUT2D eigenvalue weighted by atomic mass is 10.1. The van der Waals surface area contributed by atoms with Crippen LogP contribution >= 0.6 is 0 Å². The summed E-state index contributed by atoms with van der Waals surface area (Å²) in [6.07, 6.45) is 0. The fourth-order valence-electron chi connectivity index (χ4n) is 2.37. The highest BCUT2D eigenvalue weighted by Gasteiger charge is 2.28. The van der Waals surface area contributed by atoms with E-state index in [-0.39, 0.29) is 17.6 Å². The molecule has 0 saturated carbocycles. The van der Waals surface area contributed by atoms with E-state index in [1.54, 1.807) is 4.90 Å². The van der Waals surface area contributed by atoms with Gasteiger partial charge in [0.05, 0.1) is 11.0 Å². The lowest BCUT2D eigenvalue weighted by Gasteiger charge is -2.39. The Morgan fingerprint density at radius 3 is 2.60 bits per heavy atom. The predicted octanol–water partition coefficient (Wildman–Crippen LogP) is 0.310. The third-order valence-corrected chi connectivity index (χ3v) is 3.54. The molecule has 1 unspecified atom stereocenters. The Labute approximate surface area is 117 Å². The van der Waals surface area contributed by atoms with Gasteiger partial charge in [-0.15, -0.1) is 0 Å². The second-order valence-corrected chi connectivity index (χ2v) is 4.95. The molecule has 0 bridgehead atoms. The van der Waals surface area contributed by atoms with Crippen molar-refractivity contribution in [3.63, 3.8) is 0 Å². The summed E-state index contributed by atoms with van der Waals surface area (Å²) in [6.45, 7) is 2.57. The highest BCUT2D eigenvalue weighted by Crippen LogP contribution is 2.16. The largest absolute Gasteiger partial charge is 0.332 e. The number of nitrogens with zero attached hydrogens (tertiary/aromatic N) is 3. The number of non-ortho nitro benzene ring substituents is 1. The number of likely N-dealkylation sites (N-methyl/N-ethyl adjacent to an activating group) is 1. The van der Waals surface area contributed by atoms with Crippen molar-refractivity contribution in [3.05, 3.63) is 39.9 Å². The first kappa shape index (κ1) is 14.4. The zero-order valence-corrected chi connectivity index (χ0v) is 11.4. The Morgan fingerprint density at radius 1 is 1.40 bits per heavy atom. The van der Waals surface area contributed by atoms with E-state index in [1.165, 1.54) is 24.3 Å². The summed E-state index contributed by atoms with van der Waals surface area (Å²) in [5, 5.41) is 10.6. The quantitative estimate of drug-likeness (QED) is 0.634. The Morgan fingerprint density at radius 2 is 2.05 bits per heavy atom. The van der Waals surface area contributed by atoms with Crippen LogP contribution < -0.4 is 5.73 Å². The van der Waals surface area contributed by atoms with Crippen LogP contribution in [0, 0.1) is 10.1 Å². The lowest BCUT2D eigenvalue weighted by Crippen LogP contribution is -2.56. The molecule has 1 aliphatic heterocycles. The molecule has 1 saturated heterocycles. The number of carbonyl (C=O) groups is 1. The van der Waals surface area contributed by atoms with E-state index in [2.05, 4.69) is 4.90 Å². The van der Waals surface area contributed by atoms with Gasteiger partial charge in [0.2, 0.25) is 0 Å². The van der Waals surface area contributed by atoms with Gasteiger partial charge in [0.1, 0.15) is 0 Å². The minimum Gasteiger partial charge on any atom is -0.332 e. The number of nitrogens with two attached hydrogens (primary N) is 1. The first-order chi connectivity index (χ1) is 9.52. The molecule has 1 atom stereocenters.